The van der Waals surface area contributed by atoms with Gasteiger partial charge in [0.2, 0.25) is 10.5 Å². The van der Waals surface area contributed by atoms with Crippen molar-refractivity contribution in [3.05, 3.63) is 53.5 Å². The lowest BCUT2D eigenvalue weighted by Crippen LogP contribution is -2.36. The van der Waals surface area contributed by atoms with Crippen molar-refractivity contribution in [2.45, 2.75) is 39.8 Å². The van der Waals surface area contributed by atoms with Gasteiger partial charge in [-0.3, -0.25) is 37.9 Å². The van der Waals surface area contributed by atoms with E-state index in [1.54, 1.807) is 27.7 Å². The standard InChI is InChI=1S/C20H18Cl2N2O6/c1-7(2)13(15(21)25)23-17(27)9-5-11-12(6-10(9)18(23)28)20(30)24(19(11)29)14(8(3)4)16(22)26/h5-8,13-14H,1-4H3/t13-,14-/m0/s1. The monoisotopic (exact) mass is 452 g/mol. The minimum absolute atomic E-state index is 0.108. The molecule has 2 atom stereocenters. The Kier molecular flexibility index (Phi) is 5.60. The smallest absolute Gasteiger partial charge is 0.262 e. The number of carbonyl (C=O) groups is 2. The van der Waals surface area contributed by atoms with Gasteiger partial charge in [-0.05, 0) is 47.2 Å². The lowest BCUT2D eigenvalue weighted by Gasteiger charge is -2.16. The molecule has 0 fully saturated rings. The van der Waals surface area contributed by atoms with Crippen LogP contribution < -0.4 is 22.2 Å². The molecule has 0 aliphatic heterocycles. The Morgan fingerprint density at radius 2 is 0.867 bits per heavy atom. The summed E-state index contributed by atoms with van der Waals surface area (Å²) in [5.74, 6) is -0.881. The molecule has 0 aliphatic rings. The van der Waals surface area contributed by atoms with E-state index in [0.717, 1.165) is 21.3 Å². The van der Waals surface area contributed by atoms with E-state index in [9.17, 15) is 28.8 Å². The summed E-state index contributed by atoms with van der Waals surface area (Å²) in [7, 11) is 0. The van der Waals surface area contributed by atoms with Gasteiger partial charge in [-0.2, -0.15) is 0 Å². The van der Waals surface area contributed by atoms with Crippen molar-refractivity contribution in [3.63, 3.8) is 0 Å². The SMILES string of the molecule is CC(C)[C@@H](C(=O)Cl)n1c(=O)c2cc3c(=O)n([C@H](C(=O)Cl)C(C)C)c(=O)c3cc2c1=O. The summed E-state index contributed by atoms with van der Waals surface area (Å²) in [6.07, 6.45) is 0. The van der Waals surface area contributed by atoms with E-state index in [1.165, 1.54) is 0 Å². The van der Waals surface area contributed by atoms with Crippen molar-refractivity contribution in [1.82, 2.24) is 9.13 Å². The Balaban J connectivity index is 2.44. The quantitative estimate of drug-likeness (QED) is 0.527. The molecule has 2 aromatic heterocycles. The van der Waals surface area contributed by atoms with Gasteiger partial charge in [0.15, 0.2) is 0 Å². The zero-order valence-corrected chi connectivity index (χ0v) is 18.1. The van der Waals surface area contributed by atoms with Crippen molar-refractivity contribution in [1.29, 1.82) is 0 Å². The Hall–Kier alpha value is -2.58. The largest absolute Gasteiger partial charge is 0.279 e. The fourth-order valence-electron chi connectivity index (χ4n) is 3.84. The average molecular weight is 453 g/mol. The number of benzene rings is 1. The summed E-state index contributed by atoms with van der Waals surface area (Å²) in [5, 5.41) is -2.17. The first kappa shape index (κ1) is 22.1. The van der Waals surface area contributed by atoms with Gasteiger partial charge in [-0.25, -0.2) is 0 Å². The Morgan fingerprint density at radius 1 is 0.633 bits per heavy atom. The van der Waals surface area contributed by atoms with Crippen LogP contribution in [0.1, 0.15) is 39.8 Å². The average Bonchev–Trinajstić information content (AvgIpc) is 3.00. The third-order valence-electron chi connectivity index (χ3n) is 5.24. The molecule has 0 radical (unpaired) electrons. The molecule has 0 spiro atoms. The predicted molar refractivity (Wildman–Crippen MR) is 114 cm³/mol. The zero-order chi connectivity index (χ0) is 22.7. The van der Waals surface area contributed by atoms with Gasteiger partial charge in [-0.1, -0.05) is 27.7 Å². The molecule has 0 unspecified atom stereocenters. The third-order valence-corrected chi connectivity index (χ3v) is 5.69. The van der Waals surface area contributed by atoms with Crippen molar-refractivity contribution in [3.8, 4) is 0 Å². The van der Waals surface area contributed by atoms with Crippen LogP contribution in [-0.2, 0) is 9.59 Å². The molecule has 8 nitrogen and oxygen atoms in total. The van der Waals surface area contributed by atoms with E-state index >= 15 is 0 Å². The highest BCUT2D eigenvalue weighted by Gasteiger charge is 2.31. The molecule has 0 aliphatic carbocycles. The third kappa shape index (κ3) is 3.15. The minimum atomic E-state index is -1.18. The maximum absolute atomic E-state index is 12.9. The molecule has 30 heavy (non-hydrogen) atoms. The summed E-state index contributed by atoms with van der Waals surface area (Å²) in [6, 6.07) is -0.0683. The van der Waals surface area contributed by atoms with Crippen LogP contribution in [0.25, 0.3) is 21.5 Å². The summed E-state index contributed by atoms with van der Waals surface area (Å²) in [5.41, 5.74) is -3.12. The predicted octanol–water partition coefficient (Wildman–Crippen LogP) is 1.84. The van der Waals surface area contributed by atoms with E-state index in [1.807, 2.05) is 0 Å². The highest BCUT2D eigenvalue weighted by molar-refractivity contribution is 6.64. The number of aromatic nitrogens is 2. The van der Waals surface area contributed by atoms with Crippen LogP contribution >= 0.6 is 23.2 Å². The van der Waals surface area contributed by atoms with Crippen LogP contribution in [-0.4, -0.2) is 19.6 Å². The van der Waals surface area contributed by atoms with Gasteiger partial charge in [0, 0.05) is 0 Å². The van der Waals surface area contributed by atoms with Gasteiger partial charge in [0.05, 0.1) is 21.5 Å². The van der Waals surface area contributed by atoms with Crippen LogP contribution in [0.2, 0.25) is 0 Å². The van der Waals surface area contributed by atoms with E-state index in [-0.39, 0.29) is 21.5 Å². The zero-order valence-electron chi connectivity index (χ0n) is 16.6. The van der Waals surface area contributed by atoms with Crippen molar-refractivity contribution in [2.75, 3.05) is 0 Å². The van der Waals surface area contributed by atoms with Crippen molar-refractivity contribution < 1.29 is 9.59 Å². The molecule has 1 aromatic carbocycles. The van der Waals surface area contributed by atoms with E-state index < -0.39 is 56.6 Å². The molecule has 158 valence electrons. The van der Waals surface area contributed by atoms with Gasteiger partial charge in [0.1, 0.15) is 12.1 Å². The molecule has 0 saturated carbocycles. The van der Waals surface area contributed by atoms with Crippen LogP contribution in [0.3, 0.4) is 0 Å². The first-order valence-corrected chi connectivity index (χ1v) is 9.98. The molecule has 10 heteroatoms. The molecule has 0 amide bonds. The summed E-state index contributed by atoms with van der Waals surface area (Å²) in [4.78, 5) is 75.2. The molecule has 3 aromatic rings. The molecule has 3 rings (SSSR count). The van der Waals surface area contributed by atoms with Crippen molar-refractivity contribution in [2.24, 2.45) is 11.8 Å². The maximum Gasteiger partial charge on any atom is 0.262 e. The highest BCUT2D eigenvalue weighted by Crippen LogP contribution is 2.23. The number of hydrogen-bond donors (Lipinski definition) is 0. The molecule has 0 saturated heterocycles. The second kappa shape index (κ2) is 7.59. The van der Waals surface area contributed by atoms with E-state index in [4.69, 9.17) is 23.2 Å². The van der Waals surface area contributed by atoms with E-state index in [2.05, 4.69) is 0 Å². The number of rotatable bonds is 6. The van der Waals surface area contributed by atoms with Crippen LogP contribution in [0, 0.1) is 11.8 Å². The van der Waals surface area contributed by atoms with Gasteiger partial charge in [0.25, 0.3) is 22.2 Å². The fraction of sp³-hybridized carbons (Fsp3) is 0.400. The molecule has 0 N–H and O–H groups in total. The van der Waals surface area contributed by atoms with Crippen LogP contribution in [0.4, 0.5) is 0 Å². The summed E-state index contributed by atoms with van der Waals surface area (Å²) >= 11 is 11.2. The van der Waals surface area contributed by atoms with Gasteiger partial charge < -0.3 is 0 Å². The number of halogens is 2. The number of fused-ring (bicyclic) bond motifs is 2. The first-order chi connectivity index (χ1) is 13.9. The molecule has 2 heterocycles. The Bertz CT molecular complexity index is 1220. The Labute approximate surface area is 179 Å². The van der Waals surface area contributed by atoms with E-state index in [0.29, 0.717) is 0 Å². The lowest BCUT2D eigenvalue weighted by molar-refractivity contribution is -0.116. The maximum atomic E-state index is 12.9. The normalized spacial score (nSPS) is 14.1. The fourth-order valence-corrected chi connectivity index (χ4v) is 4.54. The second-order valence-corrected chi connectivity index (χ2v) is 8.63. The Morgan fingerprint density at radius 3 is 1.03 bits per heavy atom. The topological polar surface area (TPSA) is 112 Å². The molecule has 0 bridgehead atoms. The minimum Gasteiger partial charge on any atom is -0.279 e. The summed E-state index contributed by atoms with van der Waals surface area (Å²) < 4.78 is 1.51. The molecular weight excluding hydrogens is 435 g/mol. The summed E-state index contributed by atoms with van der Waals surface area (Å²) in [6.45, 7) is 6.53. The van der Waals surface area contributed by atoms with Crippen molar-refractivity contribution >= 4 is 55.2 Å². The number of carbonyl (C=O) groups excluding carboxylic acids is 2. The number of nitrogens with zero attached hydrogens (tertiary/aromatic N) is 2. The highest BCUT2D eigenvalue weighted by atomic mass is 35.5. The van der Waals surface area contributed by atoms with Gasteiger partial charge >= 0.3 is 0 Å². The number of hydrogen-bond acceptors (Lipinski definition) is 6. The lowest BCUT2D eigenvalue weighted by atomic mass is 10.1. The first-order valence-electron chi connectivity index (χ1n) is 9.22. The van der Waals surface area contributed by atoms with Crippen LogP contribution in [0.15, 0.2) is 31.3 Å². The second-order valence-electron chi connectivity index (χ2n) is 7.89. The van der Waals surface area contributed by atoms with Crippen LogP contribution in [0.5, 0.6) is 0 Å². The molecular formula is C20H18Cl2N2O6. The van der Waals surface area contributed by atoms with Gasteiger partial charge in [-0.15, -0.1) is 0 Å².